The molecule has 0 spiro atoms. The third-order valence-corrected chi connectivity index (χ3v) is 1.93. The van der Waals surface area contributed by atoms with Crippen LogP contribution >= 0.6 is 0 Å². The molecule has 0 bridgehead atoms. The molecule has 11 heavy (non-hydrogen) atoms. The van der Waals surface area contributed by atoms with Crippen LogP contribution in [0.4, 0.5) is 0 Å². The van der Waals surface area contributed by atoms with Gasteiger partial charge in [0.25, 0.3) is 0 Å². The second-order valence-corrected chi connectivity index (χ2v) is 2.91. The molecule has 0 aromatic carbocycles. The topological polar surface area (TPSA) is 64.7 Å². The largest absolute Gasteiger partial charge is 0.391 e. The van der Waals surface area contributed by atoms with Gasteiger partial charge in [0.2, 0.25) is 0 Å². The molecule has 0 aromatic rings. The molecule has 4 atom stereocenters. The Balaban J connectivity index is 2.45. The third-order valence-electron chi connectivity index (χ3n) is 1.93. The number of aliphatic hydroxyl groups is 1. The maximum Gasteiger partial charge on any atom is 0.159 e. The minimum atomic E-state index is -0.523. The summed E-state index contributed by atoms with van der Waals surface area (Å²) in [6.07, 6.45) is -0.388. The van der Waals surface area contributed by atoms with E-state index in [1.165, 1.54) is 0 Å². The first-order valence-corrected chi connectivity index (χ1v) is 3.77. The summed E-state index contributed by atoms with van der Waals surface area (Å²) < 4.78 is 10.2. The summed E-state index contributed by atoms with van der Waals surface area (Å²) in [5, 5.41) is 9.18. The zero-order valence-electron chi connectivity index (χ0n) is 6.86. The highest BCUT2D eigenvalue weighted by Gasteiger charge is 2.35. The van der Waals surface area contributed by atoms with Crippen molar-refractivity contribution in [2.75, 3.05) is 7.11 Å². The summed E-state index contributed by atoms with van der Waals surface area (Å²) in [5.41, 5.74) is 5.68. The van der Waals surface area contributed by atoms with E-state index in [-0.39, 0.29) is 18.4 Å². The lowest BCUT2D eigenvalue weighted by Gasteiger charge is -2.17. The maximum absolute atomic E-state index is 9.18. The highest BCUT2D eigenvalue weighted by atomic mass is 16.7. The number of nitrogens with two attached hydrogens (primary N) is 1. The fourth-order valence-corrected chi connectivity index (χ4v) is 1.31. The van der Waals surface area contributed by atoms with Crippen molar-refractivity contribution < 1.29 is 14.6 Å². The van der Waals surface area contributed by atoms with Gasteiger partial charge in [-0.05, 0) is 6.92 Å². The van der Waals surface area contributed by atoms with E-state index in [1.54, 1.807) is 14.0 Å². The van der Waals surface area contributed by atoms with Crippen molar-refractivity contribution in [3.8, 4) is 0 Å². The molecular weight excluding hydrogens is 146 g/mol. The average Bonchev–Trinajstić information content (AvgIpc) is 2.30. The first-order valence-electron chi connectivity index (χ1n) is 3.77. The van der Waals surface area contributed by atoms with Crippen molar-refractivity contribution in [2.45, 2.75) is 37.9 Å². The van der Waals surface area contributed by atoms with E-state index < -0.39 is 6.10 Å². The van der Waals surface area contributed by atoms with Crippen LogP contribution < -0.4 is 5.73 Å². The van der Waals surface area contributed by atoms with Crippen molar-refractivity contribution in [3.63, 3.8) is 0 Å². The first kappa shape index (κ1) is 8.93. The van der Waals surface area contributed by atoms with E-state index in [0.29, 0.717) is 6.42 Å². The molecule has 4 nitrogen and oxygen atoms in total. The molecule has 0 radical (unpaired) electrons. The Kier molecular flexibility index (Phi) is 2.84. The van der Waals surface area contributed by atoms with E-state index in [2.05, 4.69) is 0 Å². The molecule has 1 rings (SSSR count). The fourth-order valence-electron chi connectivity index (χ4n) is 1.31. The van der Waals surface area contributed by atoms with Gasteiger partial charge in [-0.25, -0.2) is 0 Å². The minimum absolute atomic E-state index is 0.111. The van der Waals surface area contributed by atoms with Crippen molar-refractivity contribution in [3.05, 3.63) is 0 Å². The Hall–Kier alpha value is -0.160. The van der Waals surface area contributed by atoms with Crippen LogP contribution in [0.5, 0.6) is 0 Å². The van der Waals surface area contributed by atoms with Crippen LogP contribution in [-0.4, -0.2) is 36.8 Å². The van der Waals surface area contributed by atoms with Crippen LogP contribution in [0.15, 0.2) is 0 Å². The van der Waals surface area contributed by atoms with Gasteiger partial charge in [-0.3, -0.25) is 0 Å². The van der Waals surface area contributed by atoms with Gasteiger partial charge in [-0.2, -0.15) is 0 Å². The lowest BCUT2D eigenvalue weighted by molar-refractivity contribution is -0.136. The lowest BCUT2D eigenvalue weighted by Crippen LogP contribution is -2.38. The normalized spacial score (nSPS) is 40.9. The number of methoxy groups -OCH3 is 1. The highest BCUT2D eigenvalue weighted by Crippen LogP contribution is 2.21. The predicted octanol–water partition coefficient (Wildman–Crippen LogP) is -0.544. The number of ether oxygens (including phenoxy) is 2. The van der Waals surface area contributed by atoms with Crippen LogP contribution in [0.1, 0.15) is 13.3 Å². The van der Waals surface area contributed by atoms with E-state index in [4.69, 9.17) is 15.2 Å². The number of rotatable bonds is 2. The molecule has 4 heteroatoms. The Bertz CT molecular complexity index is 129. The summed E-state index contributed by atoms with van der Waals surface area (Å²) in [5.74, 6) is 0. The molecule has 1 aliphatic heterocycles. The zero-order valence-corrected chi connectivity index (χ0v) is 6.86. The predicted molar refractivity (Wildman–Crippen MR) is 39.9 cm³/mol. The van der Waals surface area contributed by atoms with E-state index in [0.717, 1.165) is 0 Å². The highest BCUT2D eigenvalue weighted by molar-refractivity contribution is 4.84. The average molecular weight is 161 g/mol. The van der Waals surface area contributed by atoms with Gasteiger partial charge in [0, 0.05) is 19.6 Å². The minimum Gasteiger partial charge on any atom is -0.391 e. The lowest BCUT2D eigenvalue weighted by atomic mass is 10.1. The molecule has 0 saturated carbocycles. The molecule has 1 heterocycles. The molecule has 1 fully saturated rings. The van der Waals surface area contributed by atoms with Crippen LogP contribution in [0.2, 0.25) is 0 Å². The third kappa shape index (κ3) is 1.90. The Morgan fingerprint density at radius 3 is 2.64 bits per heavy atom. The molecule has 3 N–H and O–H groups in total. The van der Waals surface area contributed by atoms with Gasteiger partial charge in [-0.15, -0.1) is 0 Å². The van der Waals surface area contributed by atoms with Gasteiger partial charge >= 0.3 is 0 Å². The van der Waals surface area contributed by atoms with Crippen LogP contribution in [-0.2, 0) is 9.47 Å². The maximum atomic E-state index is 9.18. The zero-order chi connectivity index (χ0) is 8.43. The Morgan fingerprint density at radius 1 is 1.73 bits per heavy atom. The van der Waals surface area contributed by atoms with Crippen LogP contribution in [0.3, 0.4) is 0 Å². The van der Waals surface area contributed by atoms with Gasteiger partial charge in [0.1, 0.15) is 6.10 Å². The summed E-state index contributed by atoms with van der Waals surface area (Å²) in [7, 11) is 1.57. The van der Waals surface area contributed by atoms with Crippen LogP contribution in [0, 0.1) is 0 Å². The molecule has 1 aliphatic rings. The van der Waals surface area contributed by atoms with E-state index >= 15 is 0 Å². The molecule has 1 saturated heterocycles. The summed E-state index contributed by atoms with van der Waals surface area (Å²) >= 11 is 0. The number of aliphatic hydroxyl groups excluding tert-OH is 1. The molecule has 0 aromatic heterocycles. The van der Waals surface area contributed by atoms with Gasteiger partial charge < -0.3 is 20.3 Å². The smallest absolute Gasteiger partial charge is 0.159 e. The summed E-state index contributed by atoms with van der Waals surface area (Å²) in [4.78, 5) is 0. The van der Waals surface area contributed by atoms with Gasteiger partial charge in [0.05, 0.1) is 6.10 Å². The standard InChI is InChI=1S/C7H15NO3/c1-4(9)7-5(8)3-6(10-2)11-7/h4-7,9H,3,8H2,1-2H3/t4?,5-,6?,7-/m1/s1. The fraction of sp³-hybridized carbons (Fsp3) is 1.00. The molecule has 0 amide bonds. The van der Waals surface area contributed by atoms with Gasteiger partial charge in [0.15, 0.2) is 6.29 Å². The van der Waals surface area contributed by atoms with E-state index in [1.807, 2.05) is 0 Å². The second kappa shape index (κ2) is 3.49. The van der Waals surface area contributed by atoms with Crippen molar-refractivity contribution in [2.24, 2.45) is 5.73 Å². The second-order valence-electron chi connectivity index (χ2n) is 2.91. The van der Waals surface area contributed by atoms with Gasteiger partial charge in [-0.1, -0.05) is 0 Å². The van der Waals surface area contributed by atoms with E-state index in [9.17, 15) is 5.11 Å². The van der Waals surface area contributed by atoms with Crippen molar-refractivity contribution in [1.82, 2.24) is 0 Å². The monoisotopic (exact) mass is 161 g/mol. The Morgan fingerprint density at radius 2 is 2.36 bits per heavy atom. The first-order chi connectivity index (χ1) is 5.15. The Labute approximate surface area is 66.3 Å². The van der Waals surface area contributed by atoms with Crippen molar-refractivity contribution >= 4 is 0 Å². The van der Waals surface area contributed by atoms with Crippen LogP contribution in [0.25, 0.3) is 0 Å². The summed E-state index contributed by atoms with van der Waals surface area (Å²) in [6.45, 7) is 1.67. The molecule has 66 valence electrons. The number of hydrogen-bond acceptors (Lipinski definition) is 4. The van der Waals surface area contributed by atoms with Crippen molar-refractivity contribution in [1.29, 1.82) is 0 Å². The SMILES string of the molecule is COC1C[C@@H](N)[C@@H](C(C)O)O1. The summed E-state index contributed by atoms with van der Waals surface area (Å²) in [6, 6.07) is -0.111. The molecule has 0 aliphatic carbocycles. The molecule has 2 unspecified atom stereocenters. The number of hydrogen-bond donors (Lipinski definition) is 2. The quantitative estimate of drug-likeness (QED) is 0.570. The molecular formula is C7H15NO3.